The van der Waals surface area contributed by atoms with Crippen molar-refractivity contribution in [2.24, 2.45) is 23.2 Å². The van der Waals surface area contributed by atoms with E-state index in [2.05, 4.69) is 20.8 Å². The highest BCUT2D eigenvalue weighted by molar-refractivity contribution is 7.80. The summed E-state index contributed by atoms with van der Waals surface area (Å²) >= 11 is 5.68. The number of rotatable bonds is 15. The van der Waals surface area contributed by atoms with E-state index in [9.17, 15) is 29.1 Å². The van der Waals surface area contributed by atoms with E-state index < -0.39 is 86.4 Å². The Morgan fingerprint density at radius 1 is 0.909 bits per heavy atom. The molecule has 14 heteroatoms. The molecule has 1 saturated heterocycles. The normalized spacial score (nSPS) is 19.4. The number of carbonyl (C=O) groups is 5. The average molecular weight is 662 g/mol. The maximum atomic E-state index is 13.6. The van der Waals surface area contributed by atoms with Crippen LogP contribution in [0.3, 0.4) is 0 Å². The minimum atomic E-state index is -2.35. The fourth-order valence-electron chi connectivity index (χ4n) is 4.46. The van der Waals surface area contributed by atoms with Crippen LogP contribution in [0.2, 0.25) is 18.1 Å². The fourth-order valence-corrected chi connectivity index (χ4v) is 6.19. The number of hydrogen-bond acceptors (Lipinski definition) is 12. The zero-order valence-corrected chi connectivity index (χ0v) is 30.0. The molecule has 0 aliphatic carbocycles. The van der Waals surface area contributed by atoms with Gasteiger partial charge in [0.2, 0.25) is 18.9 Å². The van der Waals surface area contributed by atoms with E-state index in [-0.39, 0.29) is 29.5 Å². The summed E-state index contributed by atoms with van der Waals surface area (Å²) in [7, 11) is -2.35. The number of thiocarbonyl (C=S) groups is 1. The standard InChI is InChI=1S/C30H51NO11SSi/c1-13-38-25(34)19(26(35)39-14-2)15-20(43)17(3)22-21(18(4)42-44(11,12)30(8,9)10)23(32)31(22)24(33)27(36)40-16-41-28(37)29(5,6)7/h17-19,21-22,24,33H,13-16H2,1-12H3/t17-,18+,21+,22+,24?/m0/s1. The van der Waals surface area contributed by atoms with Crippen LogP contribution >= 0.6 is 12.2 Å². The lowest BCUT2D eigenvalue weighted by Gasteiger charge is -2.54. The van der Waals surface area contributed by atoms with Crippen molar-refractivity contribution in [1.29, 1.82) is 0 Å². The van der Waals surface area contributed by atoms with Crippen LogP contribution in [0.5, 0.6) is 0 Å². The van der Waals surface area contributed by atoms with Crippen LogP contribution in [0.4, 0.5) is 0 Å². The predicted octanol–water partition coefficient (Wildman–Crippen LogP) is 3.77. The van der Waals surface area contributed by atoms with Gasteiger partial charge in [-0.15, -0.1) is 0 Å². The molecule has 0 radical (unpaired) electrons. The molecular weight excluding hydrogens is 610 g/mol. The molecule has 1 rings (SSSR count). The third kappa shape index (κ3) is 9.79. The molecule has 0 spiro atoms. The van der Waals surface area contributed by atoms with Gasteiger partial charge in [0.05, 0.1) is 36.7 Å². The number of esters is 4. The lowest BCUT2D eigenvalue weighted by atomic mass is 9.74. The molecule has 1 unspecified atom stereocenters. The van der Waals surface area contributed by atoms with Crippen molar-refractivity contribution >= 4 is 55.2 Å². The van der Waals surface area contributed by atoms with Crippen LogP contribution in [0.25, 0.3) is 0 Å². The van der Waals surface area contributed by atoms with Crippen LogP contribution in [-0.4, -0.2) is 91.4 Å². The minimum absolute atomic E-state index is 0.0473. The summed E-state index contributed by atoms with van der Waals surface area (Å²) in [4.78, 5) is 64.8. The van der Waals surface area contributed by atoms with Crippen LogP contribution in [0.15, 0.2) is 0 Å². The lowest BCUT2D eigenvalue weighted by molar-refractivity contribution is -0.205. The second kappa shape index (κ2) is 15.7. The maximum absolute atomic E-state index is 13.6. The Hall–Kier alpha value is -2.42. The van der Waals surface area contributed by atoms with Gasteiger partial charge >= 0.3 is 23.9 Å². The van der Waals surface area contributed by atoms with Crippen molar-refractivity contribution < 1.29 is 52.5 Å². The van der Waals surface area contributed by atoms with Crippen LogP contribution in [0.1, 0.15) is 75.7 Å². The van der Waals surface area contributed by atoms with Gasteiger partial charge in [-0.25, -0.2) is 4.79 Å². The number of aliphatic hydroxyl groups excluding tert-OH is 1. The average Bonchev–Trinajstić information content (AvgIpc) is 2.88. The number of aliphatic hydroxyl groups is 1. The summed E-state index contributed by atoms with van der Waals surface area (Å²) < 4.78 is 26.6. The molecular formula is C30H51NO11SSi. The number of nitrogens with zero attached hydrogens (tertiary/aromatic N) is 1. The molecule has 0 aromatic carbocycles. The van der Waals surface area contributed by atoms with Gasteiger partial charge in [0.15, 0.2) is 14.2 Å². The van der Waals surface area contributed by atoms with Crippen molar-refractivity contribution in [1.82, 2.24) is 4.90 Å². The highest BCUT2D eigenvalue weighted by Crippen LogP contribution is 2.43. The highest BCUT2D eigenvalue weighted by atomic mass is 32.1. The van der Waals surface area contributed by atoms with Crippen molar-refractivity contribution in [3.8, 4) is 0 Å². The van der Waals surface area contributed by atoms with Crippen LogP contribution in [-0.2, 0) is 47.3 Å². The smallest absolute Gasteiger partial charge is 0.359 e. The molecule has 1 aliphatic rings. The first-order valence-electron chi connectivity index (χ1n) is 14.9. The van der Waals surface area contributed by atoms with Gasteiger partial charge in [-0.05, 0) is 64.5 Å². The topological polar surface area (TPSA) is 155 Å². The Labute approximate surface area is 267 Å². The zero-order chi connectivity index (χ0) is 34.4. The van der Waals surface area contributed by atoms with Gasteiger partial charge in [-0.2, -0.15) is 0 Å². The highest BCUT2D eigenvalue weighted by Gasteiger charge is 2.58. The Bertz CT molecular complexity index is 1060. The summed E-state index contributed by atoms with van der Waals surface area (Å²) in [6.07, 6.45) is -2.86. The van der Waals surface area contributed by atoms with Crippen molar-refractivity contribution in [3.05, 3.63) is 0 Å². The van der Waals surface area contributed by atoms with Gasteiger partial charge in [-0.1, -0.05) is 39.9 Å². The molecule has 5 atom stereocenters. The summed E-state index contributed by atoms with van der Waals surface area (Å²) in [5, 5.41) is 10.8. The van der Waals surface area contributed by atoms with E-state index in [1.807, 2.05) is 13.1 Å². The van der Waals surface area contributed by atoms with E-state index >= 15 is 0 Å². The second-order valence-electron chi connectivity index (χ2n) is 13.5. The summed E-state index contributed by atoms with van der Waals surface area (Å²) in [5.74, 6) is -6.77. The van der Waals surface area contributed by atoms with Crippen molar-refractivity contribution in [3.63, 3.8) is 0 Å². The molecule has 1 N–H and O–H groups in total. The molecule has 1 heterocycles. The SMILES string of the molecule is CCOC(=O)C(CC(=S)[C@H](C)[C@@H]1[C@@H]([C@@H](C)O[Si](C)(C)C(C)(C)C)C(=O)N1C(O)C(=O)OCOC(=O)C(C)(C)C)C(=O)OCC. The van der Waals surface area contributed by atoms with Crippen molar-refractivity contribution in [2.75, 3.05) is 20.0 Å². The second-order valence-corrected chi connectivity index (χ2v) is 18.8. The number of carbonyl (C=O) groups excluding carboxylic acids is 5. The molecule has 0 bridgehead atoms. The van der Waals surface area contributed by atoms with E-state index in [4.69, 9.17) is 35.6 Å². The zero-order valence-electron chi connectivity index (χ0n) is 28.2. The van der Waals surface area contributed by atoms with Gasteiger partial charge in [0.25, 0.3) is 0 Å². The van der Waals surface area contributed by atoms with E-state index in [0.29, 0.717) is 0 Å². The number of likely N-dealkylation sites (tertiary alicyclic amines) is 1. The first-order valence-corrected chi connectivity index (χ1v) is 18.2. The Morgan fingerprint density at radius 3 is 1.84 bits per heavy atom. The molecule has 44 heavy (non-hydrogen) atoms. The molecule has 1 amide bonds. The third-order valence-electron chi connectivity index (χ3n) is 8.07. The summed E-state index contributed by atoms with van der Waals surface area (Å²) in [6.45, 7) is 21.2. The Kier molecular flexibility index (Phi) is 14.2. The summed E-state index contributed by atoms with van der Waals surface area (Å²) in [5.41, 5.74) is -0.840. The van der Waals surface area contributed by atoms with E-state index in [0.717, 1.165) is 4.90 Å². The molecule has 1 aliphatic heterocycles. The molecule has 252 valence electrons. The molecule has 0 aromatic heterocycles. The maximum Gasteiger partial charge on any atom is 0.359 e. The first kappa shape index (κ1) is 39.6. The number of amides is 1. The minimum Gasteiger partial charge on any atom is -0.465 e. The molecule has 12 nitrogen and oxygen atoms in total. The number of ether oxygens (including phenoxy) is 4. The number of β-lactam (4-membered cyclic amide) rings is 1. The van der Waals surface area contributed by atoms with Gasteiger partial charge in [0.1, 0.15) is 0 Å². The lowest BCUT2D eigenvalue weighted by Crippen LogP contribution is -2.72. The molecule has 1 fully saturated rings. The molecule has 0 saturated carbocycles. The largest absolute Gasteiger partial charge is 0.465 e. The van der Waals surface area contributed by atoms with E-state index in [1.54, 1.807) is 48.5 Å². The van der Waals surface area contributed by atoms with Gasteiger partial charge < -0.3 is 33.4 Å². The Morgan fingerprint density at radius 2 is 1.41 bits per heavy atom. The summed E-state index contributed by atoms with van der Waals surface area (Å²) in [6, 6.07) is -0.848. The van der Waals surface area contributed by atoms with Crippen LogP contribution < -0.4 is 0 Å². The fraction of sp³-hybridized carbons (Fsp3) is 0.800. The molecule has 0 aromatic rings. The van der Waals surface area contributed by atoms with Gasteiger partial charge in [-0.3, -0.25) is 19.2 Å². The first-order chi connectivity index (χ1) is 20.0. The Balaban J connectivity index is 3.33. The quantitative estimate of drug-likeness (QED) is 0.0517. The predicted molar refractivity (Wildman–Crippen MR) is 168 cm³/mol. The van der Waals surface area contributed by atoms with Gasteiger partial charge in [0, 0.05) is 12.3 Å². The van der Waals surface area contributed by atoms with Crippen LogP contribution in [0, 0.1) is 23.2 Å². The monoisotopic (exact) mass is 661 g/mol. The third-order valence-corrected chi connectivity index (χ3v) is 13.2. The van der Waals surface area contributed by atoms with E-state index in [1.165, 1.54) is 0 Å². The number of hydrogen-bond donors (Lipinski definition) is 1. The van der Waals surface area contributed by atoms with Crippen molar-refractivity contribution in [2.45, 2.75) is 112 Å².